The van der Waals surface area contributed by atoms with Gasteiger partial charge in [-0.3, -0.25) is 14.4 Å². The minimum absolute atomic E-state index is 0.0430. The number of hydrogen-bond acceptors (Lipinski definition) is 7. The lowest BCUT2D eigenvalue weighted by Crippen LogP contribution is -2.40. The monoisotopic (exact) mass is 533 g/mol. The van der Waals surface area contributed by atoms with E-state index in [0.717, 1.165) is 0 Å². The Balaban J connectivity index is 2.13. The van der Waals surface area contributed by atoms with Crippen molar-refractivity contribution in [2.45, 2.75) is 39.0 Å². The summed E-state index contributed by atoms with van der Waals surface area (Å²) in [5, 5.41) is -1.15. The van der Waals surface area contributed by atoms with E-state index in [0.29, 0.717) is 29.1 Å². The van der Waals surface area contributed by atoms with E-state index in [2.05, 4.69) is 6.58 Å². The molecule has 1 aromatic heterocycles. The van der Waals surface area contributed by atoms with Gasteiger partial charge in [0.2, 0.25) is 5.13 Å². The molecule has 1 aromatic carbocycles. The summed E-state index contributed by atoms with van der Waals surface area (Å²) >= 11 is 7.00. The molecule has 0 spiro atoms. The van der Waals surface area contributed by atoms with E-state index in [1.54, 1.807) is 25.1 Å². The predicted molar refractivity (Wildman–Crippen MR) is 135 cm³/mol. The maximum absolute atomic E-state index is 15.3. The molecule has 1 aliphatic rings. The van der Waals surface area contributed by atoms with Gasteiger partial charge in [-0.15, -0.1) is 11.3 Å². The van der Waals surface area contributed by atoms with Gasteiger partial charge in [-0.05, 0) is 44.7 Å². The highest BCUT2D eigenvalue weighted by Crippen LogP contribution is 2.41. The van der Waals surface area contributed by atoms with Crippen molar-refractivity contribution in [2.24, 2.45) is 0 Å². The van der Waals surface area contributed by atoms with Gasteiger partial charge in [0.1, 0.15) is 12.3 Å². The lowest BCUT2D eigenvalue weighted by molar-refractivity contribution is -0.142. The van der Waals surface area contributed by atoms with E-state index in [1.165, 1.54) is 18.2 Å². The van der Waals surface area contributed by atoms with Crippen molar-refractivity contribution in [1.29, 1.82) is 0 Å². The van der Waals surface area contributed by atoms with Crippen LogP contribution in [0, 0.1) is 5.13 Å². The topological polar surface area (TPSA) is 90.0 Å². The Morgan fingerprint density at radius 3 is 2.39 bits per heavy atom. The first-order valence-electron chi connectivity index (χ1n) is 11.4. The van der Waals surface area contributed by atoms with Crippen molar-refractivity contribution in [2.75, 3.05) is 18.1 Å². The zero-order chi connectivity index (χ0) is 26.2. The van der Waals surface area contributed by atoms with Crippen LogP contribution in [-0.2, 0) is 30.3 Å². The molecule has 10 heteroatoms. The highest BCUT2D eigenvalue weighted by atomic mass is 35.5. The summed E-state index contributed by atoms with van der Waals surface area (Å²) in [7, 11) is 0. The van der Waals surface area contributed by atoms with Crippen LogP contribution in [0.2, 0.25) is 5.02 Å². The number of amides is 2. The zero-order valence-electron chi connectivity index (χ0n) is 19.7. The molecule has 0 saturated heterocycles. The maximum Gasteiger partial charge on any atom is 0.334 e. The number of nitrogens with zero attached hydrogens (tertiary/aromatic N) is 1. The highest BCUT2D eigenvalue weighted by molar-refractivity contribution is 7.11. The standard InChI is InChI=1S/C26H25ClFNO6S/c1-3-14-35-26(33)18-13-9-8-12-17(18)25(32)29(24(31)16-10-6-5-7-11-16)22-21(27)19(36-23(22)28)15-20(30)34-4-2/h3,5-7,10-11H,1,4,8-9,12-15H2,2H3. The third-order valence-electron chi connectivity index (χ3n) is 5.42. The molecule has 0 atom stereocenters. The van der Waals surface area contributed by atoms with Gasteiger partial charge >= 0.3 is 11.9 Å². The molecule has 1 heterocycles. The Morgan fingerprint density at radius 2 is 1.75 bits per heavy atom. The van der Waals surface area contributed by atoms with E-state index in [9.17, 15) is 19.2 Å². The number of hydrogen-bond donors (Lipinski definition) is 0. The Kier molecular flexibility index (Phi) is 9.55. The van der Waals surface area contributed by atoms with E-state index < -0.39 is 34.6 Å². The average molecular weight is 534 g/mol. The third-order valence-corrected chi connectivity index (χ3v) is 6.90. The van der Waals surface area contributed by atoms with Crippen molar-refractivity contribution < 1.29 is 33.0 Å². The van der Waals surface area contributed by atoms with Crippen LogP contribution in [0.5, 0.6) is 0 Å². The Labute approximate surface area is 217 Å². The van der Waals surface area contributed by atoms with Gasteiger partial charge in [0, 0.05) is 21.6 Å². The lowest BCUT2D eigenvalue weighted by atomic mass is 9.90. The first-order chi connectivity index (χ1) is 17.3. The van der Waals surface area contributed by atoms with Gasteiger partial charge in [-0.25, -0.2) is 9.69 Å². The fourth-order valence-electron chi connectivity index (χ4n) is 3.79. The van der Waals surface area contributed by atoms with Crippen LogP contribution < -0.4 is 4.90 Å². The SMILES string of the molecule is C=CCOC(=O)C1=C(C(=O)N(C(=O)c2ccccc2)c2c(F)sc(CC(=O)OCC)c2Cl)CCCC1. The second-order valence-corrected chi connectivity index (χ2v) is 9.24. The molecule has 2 amide bonds. The molecule has 2 aromatic rings. The minimum Gasteiger partial charge on any atom is -0.466 e. The summed E-state index contributed by atoms with van der Waals surface area (Å²) in [5.74, 6) is -3.00. The van der Waals surface area contributed by atoms with Gasteiger partial charge in [0.05, 0.1) is 18.1 Å². The first kappa shape index (κ1) is 27.3. The Morgan fingerprint density at radius 1 is 1.08 bits per heavy atom. The highest BCUT2D eigenvalue weighted by Gasteiger charge is 2.37. The van der Waals surface area contributed by atoms with Crippen molar-refractivity contribution in [3.63, 3.8) is 0 Å². The molecule has 0 N–H and O–H groups in total. The molecule has 0 radical (unpaired) electrons. The fraction of sp³-hybridized carbons (Fsp3) is 0.308. The summed E-state index contributed by atoms with van der Waals surface area (Å²) in [6.07, 6.45) is 2.81. The van der Waals surface area contributed by atoms with Crippen LogP contribution in [-0.4, -0.2) is 37.0 Å². The molecule has 36 heavy (non-hydrogen) atoms. The molecule has 0 fully saturated rings. The third kappa shape index (κ3) is 6.09. The number of esters is 2. The van der Waals surface area contributed by atoms with Crippen LogP contribution in [0.25, 0.3) is 0 Å². The van der Waals surface area contributed by atoms with Crippen LogP contribution in [0.1, 0.15) is 47.8 Å². The molecule has 0 unspecified atom stereocenters. The number of anilines is 1. The number of imide groups is 1. The lowest BCUT2D eigenvalue weighted by Gasteiger charge is -2.25. The second-order valence-electron chi connectivity index (χ2n) is 7.81. The van der Waals surface area contributed by atoms with E-state index >= 15 is 4.39 Å². The van der Waals surface area contributed by atoms with Gasteiger partial charge < -0.3 is 9.47 Å². The number of ether oxygens (including phenoxy) is 2. The minimum atomic E-state index is -0.913. The second kappa shape index (κ2) is 12.6. The van der Waals surface area contributed by atoms with Crippen LogP contribution >= 0.6 is 22.9 Å². The smallest absolute Gasteiger partial charge is 0.334 e. The maximum atomic E-state index is 15.3. The molecule has 190 valence electrons. The van der Waals surface area contributed by atoms with Gasteiger partial charge in [0.15, 0.2) is 0 Å². The molecule has 0 saturated carbocycles. The summed E-state index contributed by atoms with van der Waals surface area (Å²) in [6, 6.07) is 7.86. The van der Waals surface area contributed by atoms with Gasteiger partial charge in [0.25, 0.3) is 11.8 Å². The van der Waals surface area contributed by atoms with Crippen molar-refractivity contribution >= 4 is 52.4 Å². The van der Waals surface area contributed by atoms with Crippen LogP contribution in [0.15, 0.2) is 54.1 Å². The first-order valence-corrected chi connectivity index (χ1v) is 12.6. The number of carbonyl (C=O) groups excluding carboxylic acids is 4. The Hall–Kier alpha value is -3.30. The molecule has 3 rings (SSSR count). The largest absolute Gasteiger partial charge is 0.466 e. The van der Waals surface area contributed by atoms with E-state index in [-0.39, 0.29) is 59.1 Å². The normalized spacial score (nSPS) is 13.2. The van der Waals surface area contributed by atoms with Crippen LogP contribution in [0.3, 0.4) is 0 Å². The van der Waals surface area contributed by atoms with Crippen molar-refractivity contribution in [3.8, 4) is 0 Å². The molecular weight excluding hydrogens is 509 g/mol. The predicted octanol–water partition coefficient (Wildman–Crippen LogP) is 5.42. The van der Waals surface area contributed by atoms with Gasteiger partial charge in [-0.2, -0.15) is 4.39 Å². The summed E-state index contributed by atoms with van der Waals surface area (Å²) in [6.45, 7) is 5.23. The summed E-state index contributed by atoms with van der Waals surface area (Å²) < 4.78 is 25.4. The number of benzene rings is 1. The number of halogens is 2. The van der Waals surface area contributed by atoms with Crippen molar-refractivity contribution in [1.82, 2.24) is 0 Å². The molecule has 0 aliphatic heterocycles. The zero-order valence-corrected chi connectivity index (χ0v) is 21.3. The fourth-order valence-corrected chi connectivity index (χ4v) is 5.08. The molecule has 0 bridgehead atoms. The molecule has 1 aliphatic carbocycles. The van der Waals surface area contributed by atoms with E-state index in [1.807, 2.05) is 0 Å². The average Bonchev–Trinajstić information content (AvgIpc) is 3.15. The number of rotatable bonds is 9. The number of thiophene rings is 1. The van der Waals surface area contributed by atoms with Crippen molar-refractivity contribution in [3.05, 3.63) is 74.7 Å². The summed E-state index contributed by atoms with van der Waals surface area (Å²) in [5.41, 5.74) is -0.144. The van der Waals surface area contributed by atoms with Gasteiger partial charge in [-0.1, -0.05) is 42.5 Å². The quantitative estimate of drug-likeness (QED) is 0.243. The van der Waals surface area contributed by atoms with Crippen LogP contribution in [0.4, 0.5) is 10.1 Å². The van der Waals surface area contributed by atoms with E-state index in [4.69, 9.17) is 21.1 Å². The molecular formula is C26H25ClFNO6S. The summed E-state index contributed by atoms with van der Waals surface area (Å²) in [4.78, 5) is 52.8. The molecule has 7 nitrogen and oxygen atoms in total. The Bertz CT molecular complexity index is 1210. The number of carbonyl (C=O) groups is 4.